The van der Waals surface area contributed by atoms with Gasteiger partial charge in [0.2, 0.25) is 0 Å². The zero-order chi connectivity index (χ0) is 10.1. The largest absolute Gasteiger partial charge is 0.447 e. The van der Waals surface area contributed by atoms with E-state index >= 15 is 0 Å². The SMILES string of the molecule is CC(C)(C)CN1C(=O)OCC1CN. The minimum Gasteiger partial charge on any atom is -0.447 e. The van der Waals surface area contributed by atoms with Gasteiger partial charge < -0.3 is 10.5 Å². The summed E-state index contributed by atoms with van der Waals surface area (Å²) in [4.78, 5) is 13.0. The molecule has 0 aliphatic carbocycles. The van der Waals surface area contributed by atoms with E-state index in [9.17, 15) is 4.79 Å². The van der Waals surface area contributed by atoms with Crippen molar-refractivity contribution in [3.05, 3.63) is 0 Å². The second-order valence-electron chi connectivity index (χ2n) is 4.65. The van der Waals surface area contributed by atoms with Crippen LogP contribution in [0, 0.1) is 5.41 Å². The molecule has 4 heteroatoms. The van der Waals surface area contributed by atoms with E-state index in [-0.39, 0.29) is 17.6 Å². The number of amides is 1. The summed E-state index contributed by atoms with van der Waals surface area (Å²) in [5, 5.41) is 0. The first-order valence-corrected chi connectivity index (χ1v) is 4.57. The number of rotatable bonds is 2. The number of ether oxygens (including phenoxy) is 1. The topological polar surface area (TPSA) is 55.6 Å². The van der Waals surface area contributed by atoms with Gasteiger partial charge in [-0.05, 0) is 5.41 Å². The molecule has 76 valence electrons. The summed E-state index contributed by atoms with van der Waals surface area (Å²) >= 11 is 0. The van der Waals surface area contributed by atoms with Crippen molar-refractivity contribution in [3.8, 4) is 0 Å². The Bertz CT molecular complexity index is 198. The molecule has 1 aliphatic rings. The lowest BCUT2D eigenvalue weighted by Gasteiger charge is -2.28. The van der Waals surface area contributed by atoms with Gasteiger partial charge in [0.1, 0.15) is 6.61 Å². The van der Waals surface area contributed by atoms with Crippen molar-refractivity contribution in [2.24, 2.45) is 11.1 Å². The van der Waals surface area contributed by atoms with E-state index < -0.39 is 0 Å². The molecule has 0 saturated carbocycles. The van der Waals surface area contributed by atoms with E-state index in [1.807, 2.05) is 0 Å². The molecule has 1 unspecified atom stereocenters. The Labute approximate surface area is 79.0 Å². The first-order valence-electron chi connectivity index (χ1n) is 4.57. The van der Waals surface area contributed by atoms with E-state index in [4.69, 9.17) is 10.5 Å². The Hall–Kier alpha value is -0.770. The summed E-state index contributed by atoms with van der Waals surface area (Å²) < 4.78 is 4.92. The predicted octanol–water partition coefficient (Wildman–Crippen LogP) is 0.812. The molecule has 0 radical (unpaired) electrons. The van der Waals surface area contributed by atoms with Crippen LogP contribution in [0.4, 0.5) is 4.79 Å². The molecule has 1 aliphatic heterocycles. The Kier molecular flexibility index (Phi) is 2.81. The van der Waals surface area contributed by atoms with Gasteiger partial charge in [-0.2, -0.15) is 0 Å². The fourth-order valence-corrected chi connectivity index (χ4v) is 1.39. The van der Waals surface area contributed by atoms with Crippen molar-refractivity contribution in [2.45, 2.75) is 26.8 Å². The maximum Gasteiger partial charge on any atom is 0.410 e. The summed E-state index contributed by atoms with van der Waals surface area (Å²) in [6, 6.07) is 0.0618. The zero-order valence-corrected chi connectivity index (χ0v) is 8.54. The normalized spacial score (nSPS) is 23.5. The van der Waals surface area contributed by atoms with Crippen LogP contribution in [-0.4, -0.2) is 36.7 Å². The van der Waals surface area contributed by atoms with Gasteiger partial charge in [-0.25, -0.2) is 4.79 Å². The molecule has 0 spiro atoms. The van der Waals surface area contributed by atoms with E-state index in [0.717, 1.165) is 0 Å². The third-order valence-electron chi connectivity index (χ3n) is 1.99. The Balaban J connectivity index is 2.60. The van der Waals surface area contributed by atoms with Gasteiger partial charge in [0.15, 0.2) is 0 Å². The van der Waals surface area contributed by atoms with Crippen LogP contribution in [-0.2, 0) is 4.74 Å². The molecule has 0 bridgehead atoms. The van der Waals surface area contributed by atoms with Crippen molar-refractivity contribution in [3.63, 3.8) is 0 Å². The number of nitrogens with zero attached hydrogens (tertiary/aromatic N) is 1. The number of hydrogen-bond donors (Lipinski definition) is 1. The molecular formula is C9H18N2O2. The molecule has 1 heterocycles. The predicted molar refractivity (Wildman–Crippen MR) is 50.4 cm³/mol. The average Bonchev–Trinajstić information content (AvgIpc) is 2.30. The van der Waals surface area contributed by atoms with E-state index in [2.05, 4.69) is 20.8 Å². The van der Waals surface area contributed by atoms with Gasteiger partial charge in [0, 0.05) is 13.1 Å². The molecule has 1 atom stereocenters. The van der Waals surface area contributed by atoms with E-state index in [0.29, 0.717) is 19.7 Å². The number of carbonyl (C=O) groups excluding carboxylic acids is 1. The summed E-state index contributed by atoms with van der Waals surface area (Å²) in [7, 11) is 0. The van der Waals surface area contributed by atoms with Crippen molar-refractivity contribution in [2.75, 3.05) is 19.7 Å². The maximum atomic E-state index is 11.3. The second-order valence-corrected chi connectivity index (χ2v) is 4.65. The highest BCUT2D eigenvalue weighted by Gasteiger charge is 2.34. The Morgan fingerprint density at radius 2 is 2.23 bits per heavy atom. The zero-order valence-electron chi connectivity index (χ0n) is 8.54. The molecule has 13 heavy (non-hydrogen) atoms. The van der Waals surface area contributed by atoms with Crippen LogP contribution in [0.1, 0.15) is 20.8 Å². The molecule has 0 aromatic heterocycles. The van der Waals surface area contributed by atoms with Crippen LogP contribution in [0.25, 0.3) is 0 Å². The average molecular weight is 186 g/mol. The molecular weight excluding hydrogens is 168 g/mol. The standard InChI is InChI=1S/C9H18N2O2/c1-9(2,3)6-11-7(4-10)5-13-8(11)12/h7H,4-6,10H2,1-3H3. The Morgan fingerprint density at radius 1 is 1.62 bits per heavy atom. The third kappa shape index (κ3) is 2.59. The summed E-state index contributed by atoms with van der Waals surface area (Å²) in [6.45, 7) is 7.88. The number of carbonyl (C=O) groups is 1. The van der Waals surface area contributed by atoms with Crippen molar-refractivity contribution in [1.29, 1.82) is 0 Å². The van der Waals surface area contributed by atoms with E-state index in [1.165, 1.54) is 0 Å². The van der Waals surface area contributed by atoms with Gasteiger partial charge >= 0.3 is 6.09 Å². The number of cyclic esters (lactones) is 1. The van der Waals surface area contributed by atoms with Crippen LogP contribution >= 0.6 is 0 Å². The van der Waals surface area contributed by atoms with Crippen molar-refractivity contribution < 1.29 is 9.53 Å². The molecule has 1 fully saturated rings. The maximum absolute atomic E-state index is 11.3. The molecule has 1 amide bonds. The molecule has 1 saturated heterocycles. The van der Waals surface area contributed by atoms with Gasteiger partial charge in [-0.3, -0.25) is 4.90 Å². The van der Waals surface area contributed by atoms with Crippen LogP contribution in [0.15, 0.2) is 0 Å². The van der Waals surface area contributed by atoms with Gasteiger partial charge in [0.05, 0.1) is 6.04 Å². The number of nitrogens with two attached hydrogens (primary N) is 1. The highest BCUT2D eigenvalue weighted by Crippen LogP contribution is 2.20. The van der Waals surface area contributed by atoms with Crippen molar-refractivity contribution in [1.82, 2.24) is 4.90 Å². The first kappa shape index (κ1) is 10.3. The quantitative estimate of drug-likeness (QED) is 0.694. The van der Waals surface area contributed by atoms with E-state index in [1.54, 1.807) is 4.90 Å². The fourth-order valence-electron chi connectivity index (χ4n) is 1.39. The second kappa shape index (κ2) is 3.54. The molecule has 1 rings (SSSR count). The van der Waals surface area contributed by atoms with Gasteiger partial charge in [-0.1, -0.05) is 20.8 Å². The van der Waals surface area contributed by atoms with Crippen molar-refractivity contribution >= 4 is 6.09 Å². The van der Waals surface area contributed by atoms with Crippen LogP contribution < -0.4 is 5.73 Å². The van der Waals surface area contributed by atoms with Crippen LogP contribution in [0.5, 0.6) is 0 Å². The fraction of sp³-hybridized carbons (Fsp3) is 0.889. The van der Waals surface area contributed by atoms with Gasteiger partial charge in [-0.15, -0.1) is 0 Å². The molecule has 0 aromatic carbocycles. The highest BCUT2D eigenvalue weighted by atomic mass is 16.6. The minimum atomic E-state index is -0.231. The third-order valence-corrected chi connectivity index (χ3v) is 1.99. The van der Waals surface area contributed by atoms with Gasteiger partial charge in [0.25, 0.3) is 0 Å². The monoisotopic (exact) mass is 186 g/mol. The minimum absolute atomic E-state index is 0.0618. The lowest BCUT2D eigenvalue weighted by atomic mass is 9.95. The van der Waals surface area contributed by atoms with Crippen LogP contribution in [0.3, 0.4) is 0 Å². The summed E-state index contributed by atoms with van der Waals surface area (Å²) in [5.74, 6) is 0. The summed E-state index contributed by atoms with van der Waals surface area (Å²) in [5.41, 5.74) is 5.63. The highest BCUT2D eigenvalue weighted by molar-refractivity contribution is 5.70. The first-order chi connectivity index (χ1) is 5.94. The Morgan fingerprint density at radius 3 is 2.69 bits per heavy atom. The molecule has 2 N–H and O–H groups in total. The lowest BCUT2D eigenvalue weighted by Crippen LogP contribution is -2.43. The number of hydrogen-bond acceptors (Lipinski definition) is 3. The lowest BCUT2D eigenvalue weighted by molar-refractivity contribution is 0.145. The molecule has 4 nitrogen and oxygen atoms in total. The summed E-state index contributed by atoms with van der Waals surface area (Å²) in [6.07, 6.45) is -0.231. The molecule has 0 aromatic rings. The van der Waals surface area contributed by atoms with Crippen LogP contribution in [0.2, 0.25) is 0 Å². The smallest absolute Gasteiger partial charge is 0.410 e.